The van der Waals surface area contributed by atoms with Crippen LogP contribution in [-0.4, -0.2) is 55.9 Å². The van der Waals surface area contributed by atoms with Crippen LogP contribution in [0.2, 0.25) is 0 Å². The molecule has 1 fully saturated rings. The minimum Gasteiger partial charge on any atom is -0.357 e. The average Bonchev–Trinajstić information content (AvgIpc) is 3.05. The van der Waals surface area contributed by atoms with Crippen LogP contribution in [0, 0.1) is 5.92 Å². The molecule has 0 amide bonds. The highest BCUT2D eigenvalue weighted by molar-refractivity contribution is 7.99. The fourth-order valence-electron chi connectivity index (χ4n) is 2.77. The minimum absolute atomic E-state index is 0.712. The highest BCUT2D eigenvalue weighted by Crippen LogP contribution is 2.16. The molecular weight excluding hydrogens is 304 g/mol. The first-order chi connectivity index (χ1) is 11.3. The topological polar surface area (TPSA) is 39.7 Å². The Morgan fingerprint density at radius 2 is 2.09 bits per heavy atom. The molecule has 1 aromatic rings. The lowest BCUT2D eigenvalue weighted by atomic mass is 10.1. The molecule has 2 rings (SSSR count). The van der Waals surface area contributed by atoms with Gasteiger partial charge in [0.05, 0.1) is 0 Å². The van der Waals surface area contributed by atoms with Gasteiger partial charge in [0.25, 0.3) is 0 Å². The van der Waals surface area contributed by atoms with Crippen LogP contribution >= 0.6 is 11.8 Å². The lowest BCUT2D eigenvalue weighted by Crippen LogP contribution is -2.38. The highest BCUT2D eigenvalue weighted by atomic mass is 32.2. The Balaban J connectivity index is 1.69. The van der Waals surface area contributed by atoms with Gasteiger partial charge in [-0.25, -0.2) is 0 Å². The van der Waals surface area contributed by atoms with Gasteiger partial charge >= 0.3 is 0 Å². The summed E-state index contributed by atoms with van der Waals surface area (Å²) < 4.78 is 0. The summed E-state index contributed by atoms with van der Waals surface area (Å²) in [6.07, 6.45) is 1.28. The van der Waals surface area contributed by atoms with Crippen LogP contribution in [-0.2, 0) is 0 Å². The molecule has 1 aliphatic rings. The summed E-state index contributed by atoms with van der Waals surface area (Å²) in [4.78, 5) is 8.60. The highest BCUT2D eigenvalue weighted by Gasteiger charge is 2.20. The SMILES string of the molecule is CCNC(=NCC1CCN(CC)C1)NCCSc1ccccc1. The molecule has 0 saturated carbocycles. The van der Waals surface area contributed by atoms with E-state index in [4.69, 9.17) is 4.99 Å². The molecule has 1 aromatic carbocycles. The number of nitrogens with one attached hydrogen (secondary N) is 2. The number of rotatable bonds is 8. The van der Waals surface area contributed by atoms with Gasteiger partial charge in [-0.3, -0.25) is 4.99 Å². The Kier molecular flexibility index (Phi) is 8.32. The van der Waals surface area contributed by atoms with Gasteiger partial charge in [0.1, 0.15) is 0 Å². The number of thioether (sulfide) groups is 1. The quantitative estimate of drug-likeness (QED) is 0.332. The number of benzene rings is 1. The van der Waals surface area contributed by atoms with E-state index in [-0.39, 0.29) is 0 Å². The van der Waals surface area contributed by atoms with E-state index >= 15 is 0 Å². The molecule has 1 heterocycles. The number of likely N-dealkylation sites (tertiary alicyclic amines) is 1. The van der Waals surface area contributed by atoms with E-state index in [0.717, 1.165) is 37.9 Å². The molecule has 1 saturated heterocycles. The van der Waals surface area contributed by atoms with E-state index in [1.807, 2.05) is 11.8 Å². The van der Waals surface area contributed by atoms with E-state index in [0.29, 0.717) is 5.92 Å². The van der Waals surface area contributed by atoms with Crippen LogP contribution < -0.4 is 10.6 Å². The largest absolute Gasteiger partial charge is 0.357 e. The second-order valence-electron chi connectivity index (χ2n) is 5.86. The maximum atomic E-state index is 4.77. The lowest BCUT2D eigenvalue weighted by molar-refractivity contribution is 0.343. The smallest absolute Gasteiger partial charge is 0.191 e. The van der Waals surface area contributed by atoms with Crippen molar-refractivity contribution in [1.82, 2.24) is 15.5 Å². The lowest BCUT2D eigenvalue weighted by Gasteiger charge is -2.14. The second-order valence-corrected chi connectivity index (χ2v) is 7.02. The van der Waals surface area contributed by atoms with E-state index in [1.54, 1.807) is 0 Å². The third-order valence-corrected chi connectivity index (χ3v) is 5.09. The maximum Gasteiger partial charge on any atom is 0.191 e. The van der Waals surface area contributed by atoms with Crippen molar-refractivity contribution in [2.45, 2.75) is 25.2 Å². The number of aliphatic imine (C=N–C) groups is 1. The first-order valence-corrected chi connectivity index (χ1v) is 9.72. The van der Waals surface area contributed by atoms with Gasteiger partial charge in [0.15, 0.2) is 5.96 Å². The molecule has 1 aliphatic heterocycles. The van der Waals surface area contributed by atoms with Crippen molar-refractivity contribution in [2.24, 2.45) is 10.9 Å². The Hall–Kier alpha value is -1.20. The van der Waals surface area contributed by atoms with Crippen LogP contribution in [0.4, 0.5) is 0 Å². The van der Waals surface area contributed by atoms with E-state index in [2.05, 4.69) is 59.7 Å². The second kappa shape index (κ2) is 10.6. The Morgan fingerprint density at radius 3 is 2.78 bits per heavy atom. The summed E-state index contributed by atoms with van der Waals surface area (Å²) in [5, 5.41) is 6.79. The molecule has 0 bridgehead atoms. The fraction of sp³-hybridized carbons (Fsp3) is 0.611. The first kappa shape index (κ1) is 18.1. The van der Waals surface area contributed by atoms with Crippen molar-refractivity contribution in [1.29, 1.82) is 0 Å². The Bertz CT molecular complexity index is 463. The summed E-state index contributed by atoms with van der Waals surface area (Å²) in [5.41, 5.74) is 0. The Morgan fingerprint density at radius 1 is 1.26 bits per heavy atom. The summed E-state index contributed by atoms with van der Waals surface area (Å²) in [7, 11) is 0. The molecule has 2 N–H and O–H groups in total. The molecule has 5 heteroatoms. The van der Waals surface area contributed by atoms with Crippen LogP contribution in [0.3, 0.4) is 0 Å². The third kappa shape index (κ3) is 6.83. The van der Waals surface area contributed by atoms with E-state index in [9.17, 15) is 0 Å². The molecule has 0 aliphatic carbocycles. The molecule has 4 nitrogen and oxygen atoms in total. The van der Waals surface area contributed by atoms with Crippen molar-refractivity contribution in [3.05, 3.63) is 30.3 Å². The normalized spacial score (nSPS) is 19.0. The molecule has 0 spiro atoms. The number of nitrogens with zero attached hydrogens (tertiary/aromatic N) is 2. The molecule has 0 aromatic heterocycles. The van der Waals surface area contributed by atoms with Crippen molar-refractivity contribution < 1.29 is 0 Å². The summed E-state index contributed by atoms with van der Waals surface area (Å²) in [6.45, 7) is 10.7. The number of hydrogen-bond acceptors (Lipinski definition) is 3. The number of hydrogen-bond donors (Lipinski definition) is 2. The predicted octanol–water partition coefficient (Wildman–Crippen LogP) is 2.68. The van der Waals surface area contributed by atoms with Crippen molar-refractivity contribution in [2.75, 3.05) is 45.0 Å². The third-order valence-electron chi connectivity index (χ3n) is 4.08. The molecular formula is C18H30N4S. The van der Waals surface area contributed by atoms with Gasteiger partial charge in [-0.1, -0.05) is 25.1 Å². The van der Waals surface area contributed by atoms with E-state index in [1.165, 1.54) is 24.4 Å². The van der Waals surface area contributed by atoms with Crippen molar-refractivity contribution in [3.63, 3.8) is 0 Å². The van der Waals surface area contributed by atoms with Gasteiger partial charge in [-0.2, -0.15) is 0 Å². The van der Waals surface area contributed by atoms with Gasteiger partial charge < -0.3 is 15.5 Å². The average molecular weight is 335 g/mol. The molecule has 128 valence electrons. The predicted molar refractivity (Wildman–Crippen MR) is 101 cm³/mol. The summed E-state index contributed by atoms with van der Waals surface area (Å²) in [5.74, 6) is 2.71. The van der Waals surface area contributed by atoms with Crippen LogP contribution in [0.15, 0.2) is 40.2 Å². The molecule has 1 atom stereocenters. The zero-order chi connectivity index (χ0) is 16.3. The summed E-state index contributed by atoms with van der Waals surface area (Å²) >= 11 is 1.88. The van der Waals surface area contributed by atoms with Crippen molar-refractivity contribution >= 4 is 17.7 Å². The molecule has 1 unspecified atom stereocenters. The van der Waals surface area contributed by atoms with E-state index < -0.39 is 0 Å². The fourth-order valence-corrected chi connectivity index (χ4v) is 3.56. The zero-order valence-electron chi connectivity index (χ0n) is 14.4. The Labute approximate surface area is 145 Å². The minimum atomic E-state index is 0.712. The molecule has 23 heavy (non-hydrogen) atoms. The van der Waals surface area contributed by atoms with Crippen LogP contribution in [0.1, 0.15) is 20.3 Å². The van der Waals surface area contributed by atoms with Crippen LogP contribution in [0.5, 0.6) is 0 Å². The summed E-state index contributed by atoms with van der Waals surface area (Å²) in [6, 6.07) is 10.5. The first-order valence-electron chi connectivity index (χ1n) is 8.74. The van der Waals surface area contributed by atoms with Crippen molar-refractivity contribution in [3.8, 4) is 0 Å². The van der Waals surface area contributed by atoms with Gasteiger partial charge in [0.2, 0.25) is 0 Å². The van der Waals surface area contributed by atoms with Gasteiger partial charge in [-0.15, -0.1) is 11.8 Å². The standard InChI is InChI=1S/C18H30N4S/c1-3-19-18(21-14-16-10-12-22(4-2)15-16)20-11-13-23-17-8-6-5-7-9-17/h5-9,16H,3-4,10-15H2,1-2H3,(H2,19,20,21). The maximum absolute atomic E-state index is 4.77. The molecule has 0 radical (unpaired) electrons. The zero-order valence-corrected chi connectivity index (χ0v) is 15.2. The van der Waals surface area contributed by atoms with Crippen LogP contribution in [0.25, 0.3) is 0 Å². The monoisotopic (exact) mass is 334 g/mol. The van der Waals surface area contributed by atoms with Gasteiger partial charge in [-0.05, 0) is 44.5 Å². The number of guanidine groups is 1. The van der Waals surface area contributed by atoms with Gasteiger partial charge in [0, 0.05) is 36.8 Å².